The lowest BCUT2D eigenvalue weighted by Crippen LogP contribution is -2.57. The van der Waals surface area contributed by atoms with Gasteiger partial charge in [-0.05, 0) is 93.4 Å². The van der Waals surface area contributed by atoms with Gasteiger partial charge in [-0.15, -0.1) is 0 Å². The number of nitrogens with two attached hydrogens (primary N) is 1. The number of carbonyl (C=O) groups is 4. The Hall–Kier alpha value is -4.88. The fraction of sp³-hybridized carbons (Fsp3) is 0.304. The van der Waals surface area contributed by atoms with Crippen LogP contribution in [0.5, 0.6) is 0 Å². The first-order valence-corrected chi connectivity index (χ1v) is 21.6. The summed E-state index contributed by atoms with van der Waals surface area (Å²) in [5.41, 5.74) is 9.92. The lowest BCUT2D eigenvalue weighted by molar-refractivity contribution is -0.114. The zero-order valence-electron chi connectivity index (χ0n) is 34.2. The summed E-state index contributed by atoms with van der Waals surface area (Å²) in [6.45, 7) is 12.6. The second-order valence-electron chi connectivity index (χ2n) is 16.1. The van der Waals surface area contributed by atoms with Gasteiger partial charge in [0.1, 0.15) is 0 Å². The molecule has 4 atom stereocenters. The van der Waals surface area contributed by atoms with Crippen LogP contribution in [-0.2, 0) is 17.9 Å². The summed E-state index contributed by atoms with van der Waals surface area (Å²) >= 11 is 25.1. The van der Waals surface area contributed by atoms with Crippen LogP contribution in [0.25, 0.3) is 21.8 Å². The third-order valence-corrected chi connectivity index (χ3v) is 12.7. The fourth-order valence-corrected chi connectivity index (χ4v) is 9.23. The highest BCUT2D eigenvalue weighted by atomic mass is 35.5. The Labute approximate surface area is 374 Å². The van der Waals surface area contributed by atoms with Crippen LogP contribution in [-0.4, -0.2) is 103 Å². The van der Waals surface area contributed by atoms with Crippen molar-refractivity contribution in [2.75, 3.05) is 26.2 Å². The Balaban J connectivity index is 0.000000186. The Morgan fingerprint density at radius 3 is 1.62 bits per heavy atom. The van der Waals surface area contributed by atoms with Gasteiger partial charge in [0.15, 0.2) is 0 Å². The molecule has 0 bridgehead atoms. The summed E-state index contributed by atoms with van der Waals surface area (Å²) in [6.07, 6.45) is 3.26. The number of aromatic amines is 2. The summed E-state index contributed by atoms with van der Waals surface area (Å²) in [7, 11) is 0. The van der Waals surface area contributed by atoms with Crippen molar-refractivity contribution in [3.63, 3.8) is 0 Å². The van der Waals surface area contributed by atoms with Gasteiger partial charge < -0.3 is 25.5 Å². The number of ketones is 1. The van der Waals surface area contributed by atoms with Crippen molar-refractivity contribution in [3.8, 4) is 0 Å². The van der Waals surface area contributed by atoms with E-state index < -0.39 is 11.7 Å². The van der Waals surface area contributed by atoms with Gasteiger partial charge >= 0.3 is 0 Å². The molecule has 4 N–H and O–H groups in total. The number of nitrogens with one attached hydrogen (secondary N) is 2. The summed E-state index contributed by atoms with van der Waals surface area (Å²) in [4.78, 5) is 64.8. The van der Waals surface area contributed by atoms with Crippen LogP contribution in [0.2, 0.25) is 20.1 Å². The third kappa shape index (κ3) is 9.78. The molecule has 2 fully saturated rings. The number of hydrogen-bond acceptors (Lipinski definition) is 6. The van der Waals surface area contributed by atoms with E-state index in [0.717, 1.165) is 41.1 Å². The minimum Gasteiger partial charge on any atom is -0.363 e. The van der Waals surface area contributed by atoms with Crippen molar-refractivity contribution >= 4 is 91.7 Å². The minimum atomic E-state index is -1.06. The molecule has 0 spiro atoms. The van der Waals surface area contributed by atoms with Crippen LogP contribution in [0, 0.1) is 0 Å². The van der Waals surface area contributed by atoms with E-state index in [1.165, 1.54) is 11.8 Å². The molecule has 2 aromatic heterocycles. The molecular formula is C46H47Cl4N7O4. The van der Waals surface area contributed by atoms with Crippen LogP contribution in [0.4, 0.5) is 0 Å². The number of aromatic nitrogens is 2. The standard InChI is InChI=1S/C24H24Cl2N4O3.C22H23Cl2N3O/c1-13-11-30(14(2)10-29(13)12-15-4-3-5-16(25)6-15)24(33)18-7-17-19(22(31)23(27)32)9-28-21(17)8-20(18)26;1-14-12-27(15(2)11-26(14)13-16-4-3-5-18(23)8-16)22(28)19-9-17-6-7-25-21(17)10-20(19)24/h3-9,13-14,28H,10-12H2,1-2H3,(H2,27,32);3-10,14-15,25H,11-13H2,1-2H3/t13-,14+;14-,15+/m00/s1. The molecule has 0 aliphatic carbocycles. The van der Waals surface area contributed by atoms with Crippen LogP contribution in [0.1, 0.15) is 69.9 Å². The van der Waals surface area contributed by atoms with Gasteiger partial charge in [0.05, 0.1) is 26.7 Å². The maximum atomic E-state index is 13.5. The van der Waals surface area contributed by atoms with Crippen molar-refractivity contribution in [2.45, 2.75) is 65.0 Å². The smallest absolute Gasteiger partial charge is 0.289 e. The zero-order chi connectivity index (χ0) is 43.7. The van der Waals surface area contributed by atoms with E-state index >= 15 is 0 Å². The van der Waals surface area contributed by atoms with Crippen molar-refractivity contribution in [3.05, 3.63) is 139 Å². The quantitative estimate of drug-likeness (QED) is 0.103. The van der Waals surface area contributed by atoms with Crippen molar-refractivity contribution in [2.24, 2.45) is 5.73 Å². The molecule has 11 nitrogen and oxygen atoms in total. The van der Waals surface area contributed by atoms with E-state index in [2.05, 4.69) is 46.6 Å². The highest BCUT2D eigenvalue weighted by Gasteiger charge is 2.35. The van der Waals surface area contributed by atoms with Crippen LogP contribution < -0.4 is 5.73 Å². The molecule has 4 heterocycles. The average molecular weight is 904 g/mol. The normalized spacial score (nSPS) is 19.8. The maximum absolute atomic E-state index is 13.5. The largest absolute Gasteiger partial charge is 0.363 e. The van der Waals surface area contributed by atoms with Crippen LogP contribution >= 0.6 is 46.4 Å². The second-order valence-corrected chi connectivity index (χ2v) is 17.8. The predicted octanol–water partition coefficient (Wildman–Crippen LogP) is 9.09. The molecule has 0 unspecified atom stereocenters. The van der Waals surface area contributed by atoms with Gasteiger partial charge in [-0.25, -0.2) is 0 Å². The molecule has 3 amide bonds. The molecule has 8 rings (SSSR count). The monoisotopic (exact) mass is 901 g/mol. The number of rotatable bonds is 8. The van der Waals surface area contributed by atoms with E-state index in [4.69, 9.17) is 52.1 Å². The highest BCUT2D eigenvalue weighted by molar-refractivity contribution is 6.45. The molecule has 61 heavy (non-hydrogen) atoms. The van der Waals surface area contributed by atoms with E-state index in [1.807, 2.05) is 78.7 Å². The summed E-state index contributed by atoms with van der Waals surface area (Å²) in [5, 5.41) is 3.64. The van der Waals surface area contributed by atoms with Gasteiger partial charge in [0.2, 0.25) is 0 Å². The number of amides is 3. The summed E-state index contributed by atoms with van der Waals surface area (Å²) < 4.78 is 0. The molecule has 318 valence electrons. The number of benzene rings is 4. The first-order chi connectivity index (χ1) is 29.1. The Kier molecular flexibility index (Phi) is 13.5. The molecular weight excluding hydrogens is 856 g/mol. The first-order valence-electron chi connectivity index (χ1n) is 20.1. The molecule has 0 radical (unpaired) electrons. The predicted molar refractivity (Wildman–Crippen MR) is 244 cm³/mol. The van der Waals surface area contributed by atoms with Crippen LogP contribution in [0.3, 0.4) is 0 Å². The average Bonchev–Trinajstić information content (AvgIpc) is 3.85. The van der Waals surface area contributed by atoms with Gasteiger partial charge in [-0.1, -0.05) is 70.7 Å². The molecule has 2 aliphatic rings. The molecule has 6 aromatic rings. The van der Waals surface area contributed by atoms with E-state index in [9.17, 15) is 19.2 Å². The van der Waals surface area contributed by atoms with E-state index in [1.54, 1.807) is 17.0 Å². The zero-order valence-corrected chi connectivity index (χ0v) is 37.2. The van der Waals surface area contributed by atoms with E-state index in [0.29, 0.717) is 46.1 Å². The molecule has 2 aliphatic heterocycles. The molecule has 0 saturated carbocycles. The first kappa shape index (κ1) is 44.2. The minimum absolute atomic E-state index is 0.00476. The number of Topliss-reactive ketones (excluding diaryl/α,β-unsaturated/α-hetero) is 1. The van der Waals surface area contributed by atoms with Crippen molar-refractivity contribution in [1.82, 2.24) is 29.6 Å². The van der Waals surface area contributed by atoms with Crippen molar-refractivity contribution in [1.29, 1.82) is 0 Å². The Bertz CT molecular complexity index is 2630. The number of fused-ring (bicyclic) bond motifs is 2. The topological polar surface area (TPSA) is 139 Å². The Morgan fingerprint density at radius 1 is 0.607 bits per heavy atom. The number of halogens is 4. The second kappa shape index (κ2) is 18.6. The summed E-state index contributed by atoms with van der Waals surface area (Å²) in [6, 6.07) is 24.9. The summed E-state index contributed by atoms with van der Waals surface area (Å²) in [5.74, 6) is -2.10. The van der Waals surface area contributed by atoms with Gasteiger partial charge in [-0.3, -0.25) is 29.0 Å². The molecule has 2 saturated heterocycles. The lowest BCUT2D eigenvalue weighted by atomic mass is 10.0. The SMILES string of the molecule is C[C@@H]1CN(Cc2cccc(Cl)c2)[C@@H](C)CN1C(=O)c1cc2c(C(=O)C(N)=O)c[nH]c2cc1Cl.C[C@@H]1CN(Cc2cccc(Cl)c2)[C@@H](C)CN1C(=O)c1cc2cc[nH]c2cc1Cl. The van der Waals surface area contributed by atoms with Crippen LogP contribution in [0.15, 0.2) is 91.3 Å². The Morgan fingerprint density at radius 2 is 1.11 bits per heavy atom. The number of hydrogen-bond donors (Lipinski definition) is 3. The van der Waals surface area contributed by atoms with E-state index in [-0.39, 0.29) is 52.1 Å². The van der Waals surface area contributed by atoms with Gasteiger partial charge in [-0.2, -0.15) is 0 Å². The number of H-pyrrole nitrogens is 2. The molecule has 15 heteroatoms. The number of piperazine rings is 2. The lowest BCUT2D eigenvalue weighted by Gasteiger charge is -2.44. The number of nitrogens with zero attached hydrogens (tertiary/aromatic N) is 4. The fourth-order valence-electron chi connectivity index (χ4n) is 8.32. The molecule has 4 aromatic carbocycles. The third-order valence-electron chi connectivity index (χ3n) is 11.6. The van der Waals surface area contributed by atoms with Crippen molar-refractivity contribution < 1.29 is 19.2 Å². The van der Waals surface area contributed by atoms with Gasteiger partial charge in [0, 0.05) is 108 Å². The number of carbonyl (C=O) groups excluding carboxylic acids is 4. The maximum Gasteiger partial charge on any atom is 0.289 e. The van der Waals surface area contributed by atoms with Gasteiger partial charge in [0.25, 0.3) is 23.5 Å². The number of primary amides is 1. The highest BCUT2D eigenvalue weighted by Crippen LogP contribution is 2.31.